The maximum absolute atomic E-state index is 13.6. The van der Waals surface area contributed by atoms with E-state index in [1.54, 1.807) is 36.4 Å². The Labute approximate surface area is 261 Å². The van der Waals surface area contributed by atoms with Crippen molar-refractivity contribution in [1.29, 1.82) is 0 Å². The molecule has 2 aromatic heterocycles. The van der Waals surface area contributed by atoms with Gasteiger partial charge in [-0.25, -0.2) is 0 Å². The smallest absolute Gasteiger partial charge is 0.416 e. The molecule has 0 saturated heterocycles. The van der Waals surface area contributed by atoms with E-state index in [1.807, 2.05) is 6.07 Å². The average molecular weight is 648 g/mol. The minimum atomic E-state index is -4.44. The molecule has 224 valence electrons. The van der Waals surface area contributed by atoms with Crippen molar-refractivity contribution in [2.24, 2.45) is 0 Å². The van der Waals surface area contributed by atoms with Crippen LogP contribution in [0.25, 0.3) is 54.6 Å². The van der Waals surface area contributed by atoms with Crippen LogP contribution in [-0.2, 0) is 12.7 Å². The van der Waals surface area contributed by atoms with Crippen molar-refractivity contribution in [3.63, 3.8) is 0 Å². The quantitative estimate of drug-likeness (QED) is 0.102. The fourth-order valence-corrected chi connectivity index (χ4v) is 6.26. The number of pyridine rings is 1. The summed E-state index contributed by atoms with van der Waals surface area (Å²) in [5, 5.41) is 3.32. The van der Waals surface area contributed by atoms with Crippen molar-refractivity contribution in [2.75, 3.05) is 6.61 Å². The zero-order valence-electron chi connectivity index (χ0n) is 22.9. The molecule has 5 aromatic carbocycles. The molecule has 0 amide bonds. The number of carbonyl (C=O) groups excluding carboxylic acids is 1. The molecule has 0 unspecified atom stereocenters. The number of halogens is 5. The molecule has 0 aliphatic carbocycles. The topological polar surface area (TPSA) is 78.5 Å². The molecule has 0 radical (unpaired) electrons. The molecule has 11 heteroatoms. The zero-order chi connectivity index (χ0) is 31.6. The van der Waals surface area contributed by atoms with E-state index in [-0.39, 0.29) is 34.5 Å². The van der Waals surface area contributed by atoms with E-state index in [0.29, 0.717) is 55.5 Å². The first-order valence-electron chi connectivity index (χ1n) is 13.6. The lowest BCUT2D eigenvalue weighted by Gasteiger charge is -2.15. The third-order valence-electron chi connectivity index (χ3n) is 7.86. The molecule has 6 nitrogen and oxygen atoms in total. The summed E-state index contributed by atoms with van der Waals surface area (Å²) in [6.07, 6.45) is -3.90. The molecule has 2 heterocycles. The Morgan fingerprint density at radius 3 is 1.98 bits per heavy atom. The monoisotopic (exact) mass is 647 g/mol. The molecule has 0 atom stereocenters. The normalized spacial score (nSPS) is 12.1. The largest absolute Gasteiger partial charge is 0.492 e. The first-order chi connectivity index (χ1) is 21.5. The number of nitrogens with zero attached hydrogens (tertiary/aromatic N) is 1. The molecular weight excluding hydrogens is 630 g/mol. The van der Waals surface area contributed by atoms with Gasteiger partial charge in [-0.3, -0.25) is 19.0 Å². The van der Waals surface area contributed by atoms with Gasteiger partial charge in [0.1, 0.15) is 23.5 Å². The summed E-state index contributed by atoms with van der Waals surface area (Å²) in [7, 11) is 0. The van der Waals surface area contributed by atoms with Gasteiger partial charge in [0, 0.05) is 26.9 Å². The number of ether oxygens (including phenoxy) is 1. The fraction of sp³-hybridized carbons (Fsp3) is 0.0882. The number of aldehydes is 1. The second-order valence-electron chi connectivity index (χ2n) is 10.4. The van der Waals surface area contributed by atoms with Crippen LogP contribution in [0.3, 0.4) is 0 Å². The molecule has 45 heavy (non-hydrogen) atoms. The highest BCUT2D eigenvalue weighted by molar-refractivity contribution is 6.38. The molecule has 0 saturated carbocycles. The molecule has 0 aliphatic rings. The summed E-state index contributed by atoms with van der Waals surface area (Å²) >= 11 is 12.2. The minimum absolute atomic E-state index is 0.0531. The lowest BCUT2D eigenvalue weighted by molar-refractivity contribution is -0.137. The molecule has 0 spiro atoms. The van der Waals surface area contributed by atoms with Gasteiger partial charge in [0.15, 0.2) is 6.29 Å². The summed E-state index contributed by atoms with van der Waals surface area (Å²) in [4.78, 5) is 38.4. The third-order valence-corrected chi connectivity index (χ3v) is 8.49. The number of hydrogen-bond donors (Lipinski definition) is 0. The van der Waals surface area contributed by atoms with Crippen LogP contribution in [-0.4, -0.2) is 17.5 Å². The SMILES string of the molecule is O=Cc1c(Cl)cc(OCCn2c(=O)c3ccc4oc5ccc(-c6ccc(C(F)(F)F)cc6)cc5c5ccc(c2=O)c3c45)cc1Cl. The maximum Gasteiger partial charge on any atom is 0.416 e. The lowest BCUT2D eigenvalue weighted by Crippen LogP contribution is -2.35. The summed E-state index contributed by atoms with van der Waals surface area (Å²) in [6.45, 7) is -0.120. The van der Waals surface area contributed by atoms with Gasteiger partial charge >= 0.3 is 6.18 Å². The number of alkyl halides is 3. The van der Waals surface area contributed by atoms with Gasteiger partial charge in [0.05, 0.1) is 27.7 Å². The minimum Gasteiger partial charge on any atom is -0.492 e. The van der Waals surface area contributed by atoms with Gasteiger partial charge in [0.2, 0.25) is 0 Å². The van der Waals surface area contributed by atoms with Crippen LogP contribution in [0.1, 0.15) is 15.9 Å². The van der Waals surface area contributed by atoms with E-state index < -0.39 is 22.9 Å². The van der Waals surface area contributed by atoms with Crippen molar-refractivity contribution in [1.82, 2.24) is 4.57 Å². The number of hydrogen-bond acceptors (Lipinski definition) is 5. The van der Waals surface area contributed by atoms with Crippen LogP contribution < -0.4 is 15.9 Å². The number of aromatic nitrogens is 1. The Balaban J connectivity index is 1.31. The van der Waals surface area contributed by atoms with Crippen LogP contribution in [0, 0.1) is 0 Å². The Hall–Kier alpha value is -4.86. The predicted octanol–water partition coefficient (Wildman–Crippen LogP) is 8.74. The molecule has 7 rings (SSSR count). The van der Waals surface area contributed by atoms with Crippen LogP contribution in [0.15, 0.2) is 92.9 Å². The average Bonchev–Trinajstić information content (AvgIpc) is 3.01. The number of fused-ring (bicyclic) bond motifs is 2. The molecular formula is C34H18Cl2F3NO5. The van der Waals surface area contributed by atoms with Crippen LogP contribution in [0.4, 0.5) is 13.2 Å². The number of benzene rings is 5. The van der Waals surface area contributed by atoms with Crippen molar-refractivity contribution in [2.45, 2.75) is 12.7 Å². The predicted molar refractivity (Wildman–Crippen MR) is 168 cm³/mol. The van der Waals surface area contributed by atoms with Gasteiger partial charge < -0.3 is 9.15 Å². The van der Waals surface area contributed by atoms with E-state index in [4.69, 9.17) is 32.4 Å². The summed E-state index contributed by atoms with van der Waals surface area (Å²) in [5.74, 6) is 0.276. The van der Waals surface area contributed by atoms with E-state index >= 15 is 0 Å². The molecule has 7 aromatic rings. The highest BCUT2D eigenvalue weighted by Crippen LogP contribution is 2.39. The second kappa shape index (κ2) is 10.6. The van der Waals surface area contributed by atoms with Gasteiger partial charge in [-0.2, -0.15) is 13.2 Å². The van der Waals surface area contributed by atoms with Crippen molar-refractivity contribution in [3.8, 4) is 16.9 Å². The van der Waals surface area contributed by atoms with Gasteiger partial charge in [-0.15, -0.1) is 0 Å². The summed E-state index contributed by atoms with van der Waals surface area (Å²) in [6, 6.07) is 19.8. The van der Waals surface area contributed by atoms with Crippen LogP contribution in [0.2, 0.25) is 10.0 Å². The van der Waals surface area contributed by atoms with Gasteiger partial charge in [-0.05, 0) is 71.1 Å². The first kappa shape index (κ1) is 28.9. The van der Waals surface area contributed by atoms with E-state index in [9.17, 15) is 27.6 Å². The number of rotatable bonds is 6. The maximum atomic E-state index is 13.6. The second-order valence-corrected chi connectivity index (χ2v) is 11.3. The Morgan fingerprint density at radius 2 is 1.33 bits per heavy atom. The molecule has 0 N–H and O–H groups in total. The summed E-state index contributed by atoms with van der Waals surface area (Å²) in [5.41, 5.74) is 0.667. The van der Waals surface area contributed by atoms with Crippen LogP contribution in [0.5, 0.6) is 5.75 Å². The Kier molecular flexibility index (Phi) is 6.83. The number of carbonyl (C=O) groups is 1. The highest BCUT2D eigenvalue weighted by Gasteiger charge is 2.30. The van der Waals surface area contributed by atoms with Crippen molar-refractivity contribution < 1.29 is 27.1 Å². The van der Waals surface area contributed by atoms with Crippen LogP contribution >= 0.6 is 23.2 Å². The van der Waals surface area contributed by atoms with Crippen molar-refractivity contribution >= 4 is 73.0 Å². The standard InChI is InChI=1S/C34H18Cl2F3NO5/c35-26-14-20(15-27(36)25(26)16-41)44-12-11-40-32(42)22-7-6-21-24-13-18(17-1-4-19(5-2-17)34(37,38)39)3-9-28(24)45-29-10-8-23(33(40)43)30(22)31(21)29/h1-10,13-16H,11-12H2. The third kappa shape index (κ3) is 4.79. The van der Waals surface area contributed by atoms with E-state index in [0.717, 1.165) is 22.1 Å². The fourth-order valence-electron chi connectivity index (χ4n) is 5.71. The lowest BCUT2D eigenvalue weighted by atomic mass is 9.95. The molecule has 0 aliphatic heterocycles. The zero-order valence-corrected chi connectivity index (χ0v) is 24.4. The van der Waals surface area contributed by atoms with Gasteiger partial charge in [-0.1, -0.05) is 47.5 Å². The summed E-state index contributed by atoms with van der Waals surface area (Å²) < 4.78 is 52.2. The highest BCUT2D eigenvalue weighted by atomic mass is 35.5. The van der Waals surface area contributed by atoms with Crippen molar-refractivity contribution in [3.05, 3.63) is 121 Å². The van der Waals surface area contributed by atoms with Gasteiger partial charge in [0.25, 0.3) is 11.1 Å². The molecule has 0 bridgehead atoms. The first-order valence-corrected chi connectivity index (χ1v) is 14.3. The Bertz CT molecular complexity index is 2380. The Morgan fingerprint density at radius 1 is 0.733 bits per heavy atom. The van der Waals surface area contributed by atoms with E-state index in [2.05, 4.69) is 0 Å². The molecule has 0 fully saturated rings. The van der Waals surface area contributed by atoms with E-state index in [1.165, 1.54) is 24.3 Å².